The number of aromatic nitrogens is 4. The lowest BCUT2D eigenvalue weighted by Gasteiger charge is -2.36. The molecule has 0 saturated carbocycles. The lowest BCUT2D eigenvalue weighted by molar-refractivity contribution is -0.945. The smallest absolute Gasteiger partial charge is 0.323 e. The van der Waals surface area contributed by atoms with Gasteiger partial charge < -0.3 is 18.4 Å². The topological polar surface area (TPSA) is 83.9 Å². The van der Waals surface area contributed by atoms with Crippen molar-refractivity contribution in [2.45, 2.75) is 20.4 Å². The molecule has 3 rings (SSSR count). The van der Waals surface area contributed by atoms with Crippen LogP contribution in [0.15, 0.2) is 21.7 Å². The van der Waals surface area contributed by atoms with Crippen LogP contribution in [0.2, 0.25) is 0 Å². The van der Waals surface area contributed by atoms with E-state index in [9.17, 15) is 9.59 Å². The van der Waals surface area contributed by atoms with Crippen LogP contribution in [-0.4, -0.2) is 108 Å². The molecule has 0 fully saturated rings. The largest absolute Gasteiger partial charge is 0.349 e. The summed E-state index contributed by atoms with van der Waals surface area (Å²) in [4.78, 5) is 37.7. The second-order valence-corrected chi connectivity index (χ2v) is 10.8. The average Bonchev–Trinajstić information content (AvgIpc) is 2.70. The Morgan fingerprint density at radius 3 is 2.15 bits per heavy atom. The van der Waals surface area contributed by atoms with E-state index in [4.69, 9.17) is 0 Å². The zero-order valence-electron chi connectivity index (χ0n) is 21.4. The summed E-state index contributed by atoms with van der Waals surface area (Å²) in [6.45, 7) is 9.78. The van der Waals surface area contributed by atoms with E-state index in [1.54, 1.807) is 0 Å². The molecule has 0 unspecified atom stereocenters. The van der Waals surface area contributed by atoms with Gasteiger partial charge in [0.15, 0.2) is 11.5 Å². The molecule has 1 aromatic rings. The number of likely N-dealkylation sites (N-methyl/N-ethyl adjacent to an activating group) is 3. The predicted molar refractivity (Wildman–Crippen MR) is 133 cm³/mol. The van der Waals surface area contributed by atoms with Gasteiger partial charge in [-0.3, -0.25) is 9.78 Å². The van der Waals surface area contributed by atoms with E-state index < -0.39 is 11.2 Å². The molecule has 0 atom stereocenters. The lowest BCUT2D eigenvalue weighted by atomic mass is 10.1. The van der Waals surface area contributed by atoms with Gasteiger partial charge in [0.25, 0.3) is 5.56 Å². The molecule has 0 saturated heterocycles. The zero-order chi connectivity index (χ0) is 24.6. The number of fused-ring (bicyclic) bond motifs is 2. The maximum Gasteiger partial charge on any atom is 0.349 e. The Bertz CT molecular complexity index is 1220. The molecule has 1 N–H and O–H groups in total. The number of aryl methyl sites for hydroxylation is 2. The standard InChI is InChI=1S/C24H38N7O2/c1-17-15-19-20(16-18(17)2)29(22-21(25-19)23(32)27-24(33)26-22)10-12-31(7,8)14-13-30(5,6)11-9-28(3)4/h15-16H,9-14H2,1-8H3/q+1/p+1. The Morgan fingerprint density at radius 1 is 0.909 bits per heavy atom. The first-order chi connectivity index (χ1) is 15.3. The predicted octanol–water partition coefficient (Wildman–Crippen LogP) is 0.916. The maximum absolute atomic E-state index is 12.5. The molecule has 0 spiro atoms. The van der Waals surface area contributed by atoms with Gasteiger partial charge in [0.1, 0.15) is 13.1 Å². The zero-order valence-corrected chi connectivity index (χ0v) is 21.4. The van der Waals surface area contributed by atoms with Crippen LogP contribution in [0.3, 0.4) is 0 Å². The van der Waals surface area contributed by atoms with Crippen LogP contribution in [0, 0.1) is 13.8 Å². The van der Waals surface area contributed by atoms with Crippen LogP contribution in [0.1, 0.15) is 11.1 Å². The first-order valence-electron chi connectivity index (χ1n) is 11.5. The van der Waals surface area contributed by atoms with Gasteiger partial charge in [-0.25, -0.2) is 9.78 Å². The summed E-state index contributed by atoms with van der Waals surface area (Å²) in [5, 5.41) is 0. The van der Waals surface area contributed by atoms with Gasteiger partial charge in [-0.1, -0.05) is 0 Å². The van der Waals surface area contributed by atoms with Crippen LogP contribution >= 0.6 is 0 Å². The van der Waals surface area contributed by atoms with Gasteiger partial charge in [-0.05, 0) is 51.2 Å². The molecular formula is C24H39N7O2+2. The van der Waals surface area contributed by atoms with Crippen LogP contribution in [-0.2, 0) is 6.54 Å². The van der Waals surface area contributed by atoms with Crippen molar-refractivity contribution in [2.24, 2.45) is 0 Å². The van der Waals surface area contributed by atoms with Crippen LogP contribution in [0.25, 0.3) is 22.6 Å². The minimum Gasteiger partial charge on any atom is -0.323 e. The Kier molecular flexibility index (Phi) is 7.07. The molecule has 0 radical (unpaired) electrons. The van der Waals surface area contributed by atoms with E-state index in [1.165, 1.54) is 0 Å². The second-order valence-electron chi connectivity index (χ2n) is 10.8. The normalized spacial score (nSPS) is 12.9. The Hall–Kier alpha value is -2.62. The molecule has 0 aliphatic carbocycles. The molecule has 2 aliphatic heterocycles. The number of H-pyrrole nitrogens is 1. The molecule has 0 bridgehead atoms. The van der Waals surface area contributed by atoms with E-state index >= 15 is 0 Å². The van der Waals surface area contributed by atoms with Crippen molar-refractivity contribution in [3.8, 4) is 11.5 Å². The van der Waals surface area contributed by atoms with Gasteiger partial charge >= 0.3 is 5.69 Å². The molecule has 180 valence electrons. The monoisotopic (exact) mass is 457 g/mol. The van der Waals surface area contributed by atoms with Crippen molar-refractivity contribution in [1.82, 2.24) is 24.4 Å². The third kappa shape index (κ3) is 6.04. The highest BCUT2D eigenvalue weighted by Gasteiger charge is 2.25. The second kappa shape index (κ2) is 9.32. The SMILES string of the molecule is Cc1cc2nc3c(=O)[nH]c(=O)nc-3n(CC[N+](C)(C)CC[N+](C)(C)CCN(C)C)c2cc1C. The summed E-state index contributed by atoms with van der Waals surface area (Å²) in [6, 6.07) is 4.07. The molecule has 0 amide bonds. The number of nitrogens with zero attached hydrogens (tertiary/aromatic N) is 6. The van der Waals surface area contributed by atoms with Crippen molar-refractivity contribution < 1.29 is 8.97 Å². The summed E-state index contributed by atoms with van der Waals surface area (Å²) in [5.41, 5.74) is 2.95. The highest BCUT2D eigenvalue weighted by Crippen LogP contribution is 2.24. The van der Waals surface area contributed by atoms with Crippen molar-refractivity contribution in [1.29, 1.82) is 0 Å². The minimum atomic E-state index is -0.639. The Balaban J connectivity index is 1.91. The third-order valence-corrected chi connectivity index (χ3v) is 6.62. The summed E-state index contributed by atoms with van der Waals surface area (Å²) >= 11 is 0. The summed E-state index contributed by atoms with van der Waals surface area (Å²) in [6.07, 6.45) is 0. The van der Waals surface area contributed by atoms with Crippen LogP contribution in [0.4, 0.5) is 0 Å². The van der Waals surface area contributed by atoms with Crippen molar-refractivity contribution >= 4 is 11.0 Å². The number of quaternary nitrogens is 2. The Labute approximate surface area is 195 Å². The number of aromatic amines is 1. The Morgan fingerprint density at radius 2 is 1.52 bits per heavy atom. The molecule has 33 heavy (non-hydrogen) atoms. The molecular weight excluding hydrogens is 418 g/mol. The van der Waals surface area contributed by atoms with Crippen molar-refractivity contribution in [3.05, 3.63) is 44.1 Å². The molecule has 1 aromatic carbocycles. The molecule has 2 heterocycles. The van der Waals surface area contributed by atoms with Crippen LogP contribution in [0.5, 0.6) is 0 Å². The highest BCUT2D eigenvalue weighted by atomic mass is 16.2. The minimum absolute atomic E-state index is 0.206. The maximum atomic E-state index is 12.5. The summed E-state index contributed by atoms with van der Waals surface area (Å²) in [7, 11) is 13.2. The summed E-state index contributed by atoms with van der Waals surface area (Å²) in [5.74, 6) is 0.349. The number of benzene rings is 1. The molecule has 9 nitrogen and oxygen atoms in total. The lowest BCUT2D eigenvalue weighted by Crippen LogP contribution is -2.53. The van der Waals surface area contributed by atoms with E-state index in [1.807, 2.05) is 17.6 Å². The number of hydrogen-bond acceptors (Lipinski definition) is 5. The molecule has 2 aliphatic rings. The van der Waals surface area contributed by atoms with Gasteiger partial charge in [-0.15, -0.1) is 0 Å². The average molecular weight is 458 g/mol. The quantitative estimate of drug-likeness (QED) is 0.382. The third-order valence-electron chi connectivity index (χ3n) is 6.62. The number of hydrogen-bond donors (Lipinski definition) is 1. The van der Waals surface area contributed by atoms with Gasteiger partial charge in [0.2, 0.25) is 0 Å². The van der Waals surface area contributed by atoms with Crippen molar-refractivity contribution in [2.75, 3.05) is 75.0 Å². The molecule has 0 aromatic heterocycles. The van der Waals surface area contributed by atoms with E-state index in [0.29, 0.717) is 12.4 Å². The first kappa shape index (κ1) is 25.0. The summed E-state index contributed by atoms with van der Waals surface area (Å²) < 4.78 is 3.77. The van der Waals surface area contributed by atoms with Gasteiger partial charge in [0, 0.05) is 6.54 Å². The highest BCUT2D eigenvalue weighted by molar-refractivity contribution is 5.81. The fraction of sp³-hybridized carbons (Fsp3) is 0.583. The van der Waals surface area contributed by atoms with E-state index in [0.717, 1.165) is 63.9 Å². The van der Waals surface area contributed by atoms with Crippen molar-refractivity contribution in [3.63, 3.8) is 0 Å². The number of rotatable bonds is 9. The first-order valence-corrected chi connectivity index (χ1v) is 11.5. The number of nitrogens with one attached hydrogen (secondary N) is 1. The fourth-order valence-electron chi connectivity index (χ4n) is 3.88. The van der Waals surface area contributed by atoms with Gasteiger partial charge in [-0.2, -0.15) is 4.98 Å². The van der Waals surface area contributed by atoms with Gasteiger partial charge in [0.05, 0.1) is 58.9 Å². The fourth-order valence-corrected chi connectivity index (χ4v) is 3.88. The van der Waals surface area contributed by atoms with E-state index in [2.05, 4.69) is 75.1 Å². The molecule has 9 heteroatoms. The van der Waals surface area contributed by atoms with E-state index in [-0.39, 0.29) is 5.69 Å². The van der Waals surface area contributed by atoms with Crippen LogP contribution < -0.4 is 11.2 Å².